The van der Waals surface area contributed by atoms with Crippen molar-refractivity contribution in [3.8, 4) is 11.3 Å². The standard InChI is InChI=1S/C20H24FN5OS.C2H6/c1-13-19(20(23)24)17(22)12-18(25-13)14-5-7-15(8-6-14)26-28-11-9-16(27-2)4-3-10-21;1-2/h3-9,12,26H,10-11H2,1-2H3,(H2,22,25)(H3,23,24);1-2H3/b4-3-,16-9+;. The Morgan fingerprint density at radius 1 is 1.30 bits per heavy atom. The highest BCUT2D eigenvalue weighted by molar-refractivity contribution is 8.00. The van der Waals surface area contributed by atoms with Gasteiger partial charge in [0.1, 0.15) is 18.3 Å². The maximum absolute atomic E-state index is 12.1. The molecule has 0 spiro atoms. The van der Waals surface area contributed by atoms with E-state index >= 15 is 0 Å². The number of amidine groups is 1. The number of hydrogen-bond acceptors (Lipinski definition) is 6. The molecule has 162 valence electrons. The number of benzene rings is 1. The van der Waals surface area contributed by atoms with Crippen LogP contribution in [0.4, 0.5) is 15.8 Å². The van der Waals surface area contributed by atoms with Crippen molar-refractivity contribution in [2.24, 2.45) is 5.73 Å². The zero-order valence-corrected chi connectivity index (χ0v) is 18.6. The van der Waals surface area contributed by atoms with Crippen LogP contribution in [-0.2, 0) is 4.74 Å². The quantitative estimate of drug-likeness (QED) is 0.110. The lowest BCUT2D eigenvalue weighted by Crippen LogP contribution is -2.16. The molecule has 30 heavy (non-hydrogen) atoms. The Bertz CT molecular complexity index is 859. The number of nitrogens with one attached hydrogen (secondary N) is 2. The van der Waals surface area contributed by atoms with Crippen molar-refractivity contribution >= 4 is 29.2 Å². The normalized spacial score (nSPS) is 11.0. The zero-order chi connectivity index (χ0) is 22.5. The van der Waals surface area contributed by atoms with E-state index in [1.807, 2.05) is 44.2 Å². The Hall–Kier alpha value is -3.00. The van der Waals surface area contributed by atoms with Gasteiger partial charge in [-0.25, -0.2) is 4.39 Å². The first-order valence-electron chi connectivity index (χ1n) is 9.52. The van der Waals surface area contributed by atoms with E-state index in [2.05, 4.69) is 9.71 Å². The number of hydrogen-bond donors (Lipinski definition) is 4. The molecule has 0 aliphatic rings. The van der Waals surface area contributed by atoms with Gasteiger partial charge in [0.05, 0.1) is 24.1 Å². The number of rotatable bonds is 9. The van der Waals surface area contributed by atoms with Gasteiger partial charge < -0.3 is 20.9 Å². The molecule has 0 aliphatic heterocycles. The third-order valence-corrected chi connectivity index (χ3v) is 4.56. The van der Waals surface area contributed by atoms with Crippen LogP contribution in [0.25, 0.3) is 11.3 Å². The van der Waals surface area contributed by atoms with Crippen LogP contribution in [-0.4, -0.2) is 30.4 Å². The molecule has 0 saturated heterocycles. The molecule has 0 radical (unpaired) electrons. The molecule has 0 atom stereocenters. The minimum Gasteiger partial charge on any atom is -0.497 e. The van der Waals surface area contributed by atoms with Crippen molar-refractivity contribution < 1.29 is 9.13 Å². The number of aromatic nitrogens is 1. The Labute approximate surface area is 182 Å². The van der Waals surface area contributed by atoms with Gasteiger partial charge in [0, 0.05) is 22.7 Å². The van der Waals surface area contributed by atoms with Crippen LogP contribution in [0.5, 0.6) is 0 Å². The molecule has 6 nitrogen and oxygen atoms in total. The van der Waals surface area contributed by atoms with Crippen molar-refractivity contribution in [3.63, 3.8) is 0 Å². The Morgan fingerprint density at radius 3 is 2.50 bits per heavy atom. The molecule has 1 aromatic carbocycles. The summed E-state index contributed by atoms with van der Waals surface area (Å²) in [5.74, 6) is 1.19. The lowest BCUT2D eigenvalue weighted by molar-refractivity contribution is 0.306. The highest BCUT2D eigenvalue weighted by atomic mass is 32.2. The van der Waals surface area contributed by atoms with E-state index < -0.39 is 6.67 Å². The molecule has 8 heteroatoms. The first kappa shape index (κ1) is 25.0. The predicted octanol–water partition coefficient (Wildman–Crippen LogP) is 5.07. The van der Waals surface area contributed by atoms with E-state index in [-0.39, 0.29) is 5.84 Å². The summed E-state index contributed by atoms with van der Waals surface area (Å²) in [6, 6.07) is 9.50. The Kier molecular flexibility index (Phi) is 11.1. The van der Waals surface area contributed by atoms with Crippen molar-refractivity contribution in [2.75, 3.05) is 30.0 Å². The van der Waals surface area contributed by atoms with Crippen LogP contribution in [0, 0.1) is 12.3 Å². The number of anilines is 2. The lowest BCUT2D eigenvalue weighted by Gasteiger charge is -2.11. The third-order valence-electron chi connectivity index (χ3n) is 3.85. The molecule has 0 bridgehead atoms. The minimum atomic E-state index is -0.518. The van der Waals surface area contributed by atoms with Gasteiger partial charge in [0.2, 0.25) is 0 Å². The minimum absolute atomic E-state index is 0.0866. The summed E-state index contributed by atoms with van der Waals surface area (Å²) >= 11 is 1.49. The molecular formula is C22H30FN5OS. The summed E-state index contributed by atoms with van der Waals surface area (Å²) in [4.78, 5) is 4.50. The first-order chi connectivity index (χ1) is 14.5. The second kappa shape index (κ2) is 13.3. The molecule has 0 amide bonds. The topological polar surface area (TPSA) is 110 Å². The van der Waals surface area contributed by atoms with Crippen molar-refractivity contribution in [1.82, 2.24) is 4.98 Å². The number of methoxy groups -OCH3 is 1. The lowest BCUT2D eigenvalue weighted by atomic mass is 10.1. The van der Waals surface area contributed by atoms with Crippen LogP contribution in [0.1, 0.15) is 25.1 Å². The van der Waals surface area contributed by atoms with Crippen molar-refractivity contribution in [2.45, 2.75) is 20.8 Å². The number of aryl methyl sites for hydroxylation is 1. The average Bonchev–Trinajstić information content (AvgIpc) is 2.74. The molecule has 6 N–H and O–H groups in total. The average molecular weight is 432 g/mol. The highest BCUT2D eigenvalue weighted by Gasteiger charge is 2.11. The van der Waals surface area contributed by atoms with Gasteiger partial charge in [0.15, 0.2) is 0 Å². The number of nitrogens with zero attached hydrogens (tertiary/aromatic N) is 1. The second-order valence-electron chi connectivity index (χ2n) is 5.83. The first-order valence-corrected chi connectivity index (χ1v) is 10.5. The Balaban J connectivity index is 0.00000218. The molecule has 0 aliphatic carbocycles. The molecule has 2 aromatic rings. The molecule has 0 fully saturated rings. The van der Waals surface area contributed by atoms with E-state index in [0.29, 0.717) is 28.5 Å². The molecule has 2 rings (SSSR count). The smallest absolute Gasteiger partial charge is 0.126 e. The van der Waals surface area contributed by atoms with Gasteiger partial charge in [-0.2, -0.15) is 0 Å². The predicted molar refractivity (Wildman–Crippen MR) is 127 cm³/mol. The largest absolute Gasteiger partial charge is 0.497 e. The molecule has 1 aromatic heterocycles. The van der Waals surface area contributed by atoms with Gasteiger partial charge in [0.25, 0.3) is 0 Å². The monoisotopic (exact) mass is 431 g/mol. The van der Waals surface area contributed by atoms with E-state index in [9.17, 15) is 4.39 Å². The highest BCUT2D eigenvalue weighted by Crippen LogP contribution is 2.25. The van der Waals surface area contributed by atoms with Gasteiger partial charge in [-0.05, 0) is 49.2 Å². The summed E-state index contributed by atoms with van der Waals surface area (Å²) < 4.78 is 20.5. The molecular weight excluding hydrogens is 401 g/mol. The maximum atomic E-state index is 12.1. The summed E-state index contributed by atoms with van der Waals surface area (Å²) in [5.41, 5.74) is 15.7. The molecule has 1 heterocycles. The van der Waals surface area contributed by atoms with Crippen LogP contribution in [0.3, 0.4) is 0 Å². The fraction of sp³-hybridized carbons (Fsp3) is 0.273. The van der Waals surface area contributed by atoms with Crippen molar-refractivity contribution in [1.29, 1.82) is 5.41 Å². The van der Waals surface area contributed by atoms with E-state index in [0.717, 1.165) is 16.9 Å². The molecule has 0 unspecified atom stereocenters. The van der Waals surface area contributed by atoms with E-state index in [1.165, 1.54) is 18.0 Å². The number of pyridine rings is 1. The number of allylic oxidation sites excluding steroid dienone is 2. The fourth-order valence-corrected chi connectivity index (χ4v) is 3.17. The molecule has 0 saturated carbocycles. The fourth-order valence-electron chi connectivity index (χ4n) is 2.53. The maximum Gasteiger partial charge on any atom is 0.126 e. The summed E-state index contributed by atoms with van der Waals surface area (Å²) in [6.45, 7) is 5.27. The number of alkyl halides is 1. The van der Waals surface area contributed by atoms with E-state index in [4.69, 9.17) is 21.6 Å². The van der Waals surface area contributed by atoms with Crippen LogP contribution in [0.15, 0.2) is 54.3 Å². The summed E-state index contributed by atoms with van der Waals surface area (Å²) in [6.07, 6.45) is 4.87. The number of nitrogen functional groups attached to an aromatic ring is 2. The third kappa shape index (κ3) is 7.44. The van der Waals surface area contributed by atoms with Gasteiger partial charge >= 0.3 is 0 Å². The summed E-state index contributed by atoms with van der Waals surface area (Å²) in [7, 11) is 1.55. The van der Waals surface area contributed by atoms with Gasteiger partial charge in [-0.1, -0.05) is 32.1 Å². The second-order valence-corrected chi connectivity index (χ2v) is 6.65. The van der Waals surface area contributed by atoms with Crippen LogP contribution < -0.4 is 16.2 Å². The van der Waals surface area contributed by atoms with Crippen LogP contribution in [0.2, 0.25) is 0 Å². The van der Waals surface area contributed by atoms with Crippen molar-refractivity contribution in [3.05, 3.63) is 65.6 Å². The number of halogens is 1. The SMILES string of the molecule is CC.COC(/C=C\CF)=C/CSNc1ccc(-c2cc(N)c(C(=N)N)c(C)n2)cc1. The van der Waals surface area contributed by atoms with Gasteiger partial charge in [-0.3, -0.25) is 10.4 Å². The Morgan fingerprint density at radius 2 is 1.97 bits per heavy atom. The number of nitrogens with two attached hydrogens (primary N) is 2. The number of ether oxygens (including phenoxy) is 1. The zero-order valence-electron chi connectivity index (χ0n) is 17.8. The van der Waals surface area contributed by atoms with E-state index in [1.54, 1.807) is 26.2 Å². The van der Waals surface area contributed by atoms with Gasteiger partial charge in [-0.15, -0.1) is 0 Å². The summed E-state index contributed by atoms with van der Waals surface area (Å²) in [5, 5.41) is 7.59. The van der Waals surface area contributed by atoms with Crippen LogP contribution >= 0.6 is 11.9 Å².